The molecule has 0 atom stereocenters. The average molecular weight is 183 g/mol. The third-order valence-electron chi connectivity index (χ3n) is 1.16. The number of halogens is 1. The van der Waals surface area contributed by atoms with Gasteiger partial charge in [-0.15, -0.1) is 0 Å². The number of azide groups is 1. The van der Waals surface area contributed by atoms with E-state index in [1.54, 1.807) is 0 Å². The van der Waals surface area contributed by atoms with Crippen LogP contribution in [0.3, 0.4) is 0 Å². The fraction of sp³-hybridized carbons (Fsp3) is 0. The molecule has 0 aliphatic rings. The number of nitrogens with zero attached hydrogens (tertiary/aromatic N) is 4. The molecule has 0 aromatic carbocycles. The Hall–Kier alpha value is -1.58. The molecule has 1 rings (SSSR count). The van der Waals surface area contributed by atoms with Gasteiger partial charge in [-0.2, -0.15) is 0 Å². The zero-order chi connectivity index (χ0) is 8.97. The molecule has 0 N–H and O–H groups in total. The molecule has 0 spiro atoms. The topological polar surface area (TPSA) is 78.7 Å². The number of hydrogen-bond acceptors (Lipinski definition) is 3. The maximum Gasteiger partial charge on any atom is 0.152 e. The van der Waals surface area contributed by atoms with Crippen molar-refractivity contribution in [3.63, 3.8) is 0 Å². The van der Waals surface area contributed by atoms with E-state index < -0.39 is 0 Å². The Balaban J connectivity index is 3.29. The van der Waals surface area contributed by atoms with E-state index in [1.165, 1.54) is 12.3 Å². The molecule has 0 saturated carbocycles. The second kappa shape index (κ2) is 3.71. The van der Waals surface area contributed by atoms with Gasteiger partial charge in [-0.25, -0.2) is 4.98 Å². The normalized spacial score (nSPS) is 8.75. The largest absolute Gasteiger partial charge is 0.298 e. The first-order chi connectivity index (χ1) is 5.77. The van der Waals surface area contributed by atoms with E-state index in [0.717, 1.165) is 0 Å². The van der Waals surface area contributed by atoms with E-state index in [-0.39, 0.29) is 16.4 Å². The first-order valence-corrected chi connectivity index (χ1v) is 3.31. The molecular weight excluding hydrogens is 180 g/mol. The molecule has 60 valence electrons. The molecule has 0 fully saturated rings. The van der Waals surface area contributed by atoms with E-state index in [0.29, 0.717) is 6.29 Å². The third kappa shape index (κ3) is 1.72. The van der Waals surface area contributed by atoms with Crippen LogP contribution < -0.4 is 0 Å². The Bertz CT molecular complexity index is 359. The lowest BCUT2D eigenvalue weighted by molar-refractivity contribution is 0.112. The number of pyridine rings is 1. The highest BCUT2D eigenvalue weighted by Gasteiger charge is 2.00. The predicted octanol–water partition coefficient (Wildman–Crippen LogP) is 2.49. The molecule has 0 unspecified atom stereocenters. The summed E-state index contributed by atoms with van der Waals surface area (Å²) in [6.45, 7) is 0. The Morgan fingerprint density at radius 1 is 1.75 bits per heavy atom. The van der Waals surface area contributed by atoms with Gasteiger partial charge in [-0.05, 0) is 11.6 Å². The van der Waals surface area contributed by atoms with E-state index >= 15 is 0 Å². The van der Waals surface area contributed by atoms with E-state index in [9.17, 15) is 4.79 Å². The molecule has 0 radical (unpaired) electrons. The van der Waals surface area contributed by atoms with Gasteiger partial charge in [-0.1, -0.05) is 16.7 Å². The van der Waals surface area contributed by atoms with Crippen LogP contribution in [0.15, 0.2) is 17.4 Å². The molecule has 0 aliphatic heterocycles. The maximum atomic E-state index is 10.3. The average Bonchev–Trinajstić information content (AvgIpc) is 2.05. The molecule has 1 heterocycles. The van der Waals surface area contributed by atoms with Crippen molar-refractivity contribution in [2.75, 3.05) is 0 Å². The van der Waals surface area contributed by atoms with Crippen LogP contribution in [0, 0.1) is 0 Å². The Morgan fingerprint density at radius 3 is 3.08 bits per heavy atom. The van der Waals surface area contributed by atoms with E-state index in [1.807, 2.05) is 0 Å². The van der Waals surface area contributed by atoms with Crippen molar-refractivity contribution in [3.05, 3.63) is 33.4 Å². The number of aromatic nitrogens is 1. The van der Waals surface area contributed by atoms with E-state index in [2.05, 4.69) is 15.0 Å². The Labute approximate surface area is 72.6 Å². The Morgan fingerprint density at radius 2 is 2.50 bits per heavy atom. The number of rotatable bonds is 2. The van der Waals surface area contributed by atoms with Crippen molar-refractivity contribution in [2.24, 2.45) is 5.11 Å². The van der Waals surface area contributed by atoms with Gasteiger partial charge >= 0.3 is 0 Å². The van der Waals surface area contributed by atoms with Gasteiger partial charge < -0.3 is 0 Å². The minimum absolute atomic E-state index is 0.183. The zero-order valence-electron chi connectivity index (χ0n) is 5.81. The van der Waals surface area contributed by atoms with Crippen molar-refractivity contribution < 1.29 is 4.79 Å². The number of hydrogen-bond donors (Lipinski definition) is 0. The SMILES string of the molecule is [N-]=[N+]=Nc1cc(Cl)ncc1C=O. The van der Waals surface area contributed by atoms with Crippen LogP contribution in [-0.2, 0) is 0 Å². The lowest BCUT2D eigenvalue weighted by Gasteiger charge is -1.95. The standard InChI is InChI=1S/C6H3ClN4O/c7-6-1-5(10-11-8)4(3-12)2-9-6/h1-3H. The molecule has 5 nitrogen and oxygen atoms in total. The van der Waals surface area contributed by atoms with Gasteiger partial charge in [0.2, 0.25) is 0 Å². The molecule has 12 heavy (non-hydrogen) atoms. The Kier molecular flexibility index (Phi) is 2.63. The number of carbonyl (C=O) groups is 1. The second-order valence-electron chi connectivity index (χ2n) is 1.87. The molecule has 1 aromatic rings. The van der Waals surface area contributed by atoms with Crippen molar-refractivity contribution in [2.45, 2.75) is 0 Å². The van der Waals surface area contributed by atoms with Crippen molar-refractivity contribution >= 4 is 23.6 Å². The van der Waals surface area contributed by atoms with Crippen LogP contribution in [0.2, 0.25) is 5.15 Å². The summed E-state index contributed by atoms with van der Waals surface area (Å²) in [4.78, 5) is 16.5. The van der Waals surface area contributed by atoms with Gasteiger partial charge in [0.25, 0.3) is 0 Å². The van der Waals surface area contributed by atoms with Gasteiger partial charge in [0.05, 0.1) is 5.69 Å². The summed E-state index contributed by atoms with van der Waals surface area (Å²) in [6.07, 6.45) is 1.80. The molecule has 1 aromatic heterocycles. The molecular formula is C6H3ClN4O. The smallest absolute Gasteiger partial charge is 0.152 e. The van der Waals surface area contributed by atoms with Crippen LogP contribution >= 0.6 is 11.6 Å². The van der Waals surface area contributed by atoms with Gasteiger partial charge in [0, 0.05) is 16.7 Å². The summed E-state index contributed by atoms with van der Waals surface area (Å²) >= 11 is 5.50. The van der Waals surface area contributed by atoms with E-state index in [4.69, 9.17) is 17.1 Å². The van der Waals surface area contributed by atoms with Crippen LogP contribution in [0.4, 0.5) is 5.69 Å². The monoisotopic (exact) mass is 182 g/mol. The number of aldehydes is 1. The first-order valence-electron chi connectivity index (χ1n) is 2.93. The van der Waals surface area contributed by atoms with Gasteiger partial charge in [0.15, 0.2) is 6.29 Å². The maximum absolute atomic E-state index is 10.3. The lowest BCUT2D eigenvalue weighted by Crippen LogP contribution is -1.83. The van der Waals surface area contributed by atoms with Gasteiger partial charge in [0.1, 0.15) is 5.15 Å². The van der Waals surface area contributed by atoms with Gasteiger partial charge in [-0.3, -0.25) is 4.79 Å². The molecule has 0 saturated heterocycles. The highest BCUT2D eigenvalue weighted by Crippen LogP contribution is 2.19. The van der Waals surface area contributed by atoms with Crippen LogP contribution in [-0.4, -0.2) is 11.3 Å². The molecule has 6 heteroatoms. The highest BCUT2D eigenvalue weighted by atomic mass is 35.5. The summed E-state index contributed by atoms with van der Waals surface area (Å²) in [7, 11) is 0. The predicted molar refractivity (Wildman–Crippen MR) is 43.4 cm³/mol. The minimum Gasteiger partial charge on any atom is -0.298 e. The first kappa shape index (κ1) is 8.52. The lowest BCUT2D eigenvalue weighted by atomic mass is 10.3. The quantitative estimate of drug-likeness (QED) is 0.232. The summed E-state index contributed by atoms with van der Waals surface area (Å²) in [5, 5.41) is 3.45. The van der Waals surface area contributed by atoms with Crippen LogP contribution in [0.5, 0.6) is 0 Å². The highest BCUT2D eigenvalue weighted by molar-refractivity contribution is 6.29. The van der Waals surface area contributed by atoms with Crippen molar-refractivity contribution in [3.8, 4) is 0 Å². The van der Waals surface area contributed by atoms with Crippen molar-refractivity contribution in [1.29, 1.82) is 0 Å². The summed E-state index contributed by atoms with van der Waals surface area (Å²) in [5.74, 6) is 0. The summed E-state index contributed by atoms with van der Waals surface area (Å²) in [5.41, 5.74) is 8.52. The van der Waals surface area contributed by atoms with Crippen LogP contribution in [0.25, 0.3) is 10.4 Å². The summed E-state index contributed by atoms with van der Waals surface area (Å²) in [6, 6.07) is 1.32. The zero-order valence-corrected chi connectivity index (χ0v) is 6.56. The molecule has 0 bridgehead atoms. The minimum atomic E-state index is 0.183. The fourth-order valence-corrected chi connectivity index (χ4v) is 0.808. The third-order valence-corrected chi connectivity index (χ3v) is 1.36. The molecule has 0 amide bonds. The molecule has 0 aliphatic carbocycles. The second-order valence-corrected chi connectivity index (χ2v) is 2.26. The van der Waals surface area contributed by atoms with Crippen molar-refractivity contribution in [1.82, 2.24) is 4.98 Å². The van der Waals surface area contributed by atoms with Crippen LogP contribution in [0.1, 0.15) is 10.4 Å². The fourth-order valence-electron chi connectivity index (χ4n) is 0.656. The number of carbonyl (C=O) groups excluding carboxylic acids is 1. The summed E-state index contributed by atoms with van der Waals surface area (Å²) < 4.78 is 0.